The van der Waals surface area contributed by atoms with E-state index in [0.29, 0.717) is 11.4 Å². The lowest BCUT2D eigenvalue weighted by Gasteiger charge is -2.10. The van der Waals surface area contributed by atoms with Gasteiger partial charge in [-0.15, -0.1) is 0 Å². The van der Waals surface area contributed by atoms with E-state index >= 15 is 0 Å². The summed E-state index contributed by atoms with van der Waals surface area (Å²) in [6, 6.07) is 14.5. The summed E-state index contributed by atoms with van der Waals surface area (Å²) >= 11 is 5.89. The first-order valence-corrected chi connectivity index (χ1v) is 8.66. The highest BCUT2D eigenvalue weighted by Crippen LogP contribution is 2.22. The second kappa shape index (κ2) is 8.49. The first kappa shape index (κ1) is 19.3. The molecule has 0 aliphatic rings. The molecule has 0 atom stereocenters. The largest absolute Gasteiger partial charge is 0.354 e. The molecular weight excluding hydrogens is 383 g/mol. The molecule has 0 saturated carbocycles. The van der Waals surface area contributed by atoms with Gasteiger partial charge in [-0.2, -0.15) is 0 Å². The van der Waals surface area contributed by atoms with E-state index in [9.17, 15) is 14.0 Å². The molecule has 0 unspecified atom stereocenters. The summed E-state index contributed by atoms with van der Waals surface area (Å²) in [7, 11) is 0. The van der Waals surface area contributed by atoms with Crippen LogP contribution in [0.5, 0.6) is 0 Å². The van der Waals surface area contributed by atoms with Crippen LogP contribution in [0.3, 0.4) is 0 Å². The molecule has 0 aliphatic heterocycles. The van der Waals surface area contributed by atoms with E-state index in [1.54, 1.807) is 30.3 Å². The van der Waals surface area contributed by atoms with E-state index < -0.39 is 11.7 Å². The van der Waals surface area contributed by atoms with Crippen molar-refractivity contribution >= 4 is 46.3 Å². The van der Waals surface area contributed by atoms with E-state index in [0.717, 1.165) is 11.8 Å². The Morgan fingerprint density at radius 3 is 2.39 bits per heavy atom. The average Bonchev–Trinajstić information content (AvgIpc) is 2.63. The maximum Gasteiger partial charge on any atom is 0.261 e. The van der Waals surface area contributed by atoms with Crippen LogP contribution < -0.4 is 16.0 Å². The number of carbonyl (C=O) groups excluding carboxylic acids is 2. The Hall–Kier alpha value is -3.45. The number of hydrogen-bond acceptors (Lipinski definition) is 4. The van der Waals surface area contributed by atoms with Crippen molar-refractivity contribution in [3.63, 3.8) is 0 Å². The maximum absolute atomic E-state index is 13.8. The molecular formula is C20H16ClFN4O2. The molecule has 2 aromatic carbocycles. The average molecular weight is 399 g/mol. The smallest absolute Gasteiger partial charge is 0.261 e. The van der Waals surface area contributed by atoms with Crippen molar-refractivity contribution in [3.05, 3.63) is 77.2 Å². The summed E-state index contributed by atoms with van der Waals surface area (Å²) in [6.07, 6.45) is 1.52. The zero-order valence-corrected chi connectivity index (χ0v) is 15.5. The number of hydrogen-bond donors (Lipinski definition) is 3. The van der Waals surface area contributed by atoms with Crippen molar-refractivity contribution in [2.45, 2.75) is 6.92 Å². The highest BCUT2D eigenvalue weighted by molar-refractivity contribution is 6.34. The number of aromatic nitrogens is 1. The van der Waals surface area contributed by atoms with Gasteiger partial charge in [0, 0.05) is 18.3 Å². The Kier molecular flexibility index (Phi) is 5.86. The SMILES string of the molecule is CC(=O)Nc1cccc(Nc2ccc(NC(=O)c3c(F)cccc3Cl)nc2)c1. The van der Waals surface area contributed by atoms with Crippen LogP contribution in [0.1, 0.15) is 17.3 Å². The first-order valence-electron chi connectivity index (χ1n) is 8.28. The van der Waals surface area contributed by atoms with Gasteiger partial charge in [0.15, 0.2) is 0 Å². The van der Waals surface area contributed by atoms with Crippen molar-refractivity contribution in [2.75, 3.05) is 16.0 Å². The molecule has 1 aromatic heterocycles. The quantitative estimate of drug-likeness (QED) is 0.575. The zero-order valence-electron chi connectivity index (χ0n) is 14.8. The van der Waals surface area contributed by atoms with Gasteiger partial charge in [0.2, 0.25) is 5.91 Å². The minimum atomic E-state index is -0.706. The van der Waals surface area contributed by atoms with E-state index in [2.05, 4.69) is 20.9 Å². The number of rotatable bonds is 5. The Labute approximate surface area is 165 Å². The van der Waals surface area contributed by atoms with Crippen LogP contribution in [0.4, 0.5) is 27.3 Å². The molecule has 2 amide bonds. The normalized spacial score (nSPS) is 10.2. The Morgan fingerprint density at radius 1 is 0.964 bits per heavy atom. The molecule has 142 valence electrons. The van der Waals surface area contributed by atoms with Gasteiger partial charge in [-0.05, 0) is 42.5 Å². The van der Waals surface area contributed by atoms with E-state index in [-0.39, 0.29) is 22.3 Å². The second-order valence-electron chi connectivity index (χ2n) is 5.87. The molecule has 0 radical (unpaired) electrons. The molecule has 0 bridgehead atoms. The van der Waals surface area contributed by atoms with Gasteiger partial charge in [-0.3, -0.25) is 9.59 Å². The minimum Gasteiger partial charge on any atom is -0.354 e. The number of pyridine rings is 1. The van der Waals surface area contributed by atoms with Gasteiger partial charge in [0.05, 0.1) is 22.5 Å². The molecule has 3 rings (SSSR count). The van der Waals surface area contributed by atoms with Crippen molar-refractivity contribution in [2.24, 2.45) is 0 Å². The lowest BCUT2D eigenvalue weighted by molar-refractivity contribution is -0.114. The summed E-state index contributed by atoms with van der Waals surface area (Å²) in [6.45, 7) is 1.44. The van der Waals surface area contributed by atoms with Gasteiger partial charge < -0.3 is 16.0 Å². The lowest BCUT2D eigenvalue weighted by atomic mass is 10.2. The number of halogens is 2. The molecule has 3 aromatic rings. The van der Waals surface area contributed by atoms with E-state index in [1.807, 2.05) is 6.07 Å². The third kappa shape index (κ3) is 4.83. The van der Waals surface area contributed by atoms with Gasteiger partial charge in [-0.25, -0.2) is 9.37 Å². The van der Waals surface area contributed by atoms with Gasteiger partial charge in [0.25, 0.3) is 5.91 Å². The van der Waals surface area contributed by atoms with Crippen LogP contribution in [0.25, 0.3) is 0 Å². The molecule has 28 heavy (non-hydrogen) atoms. The number of anilines is 4. The topological polar surface area (TPSA) is 83.1 Å². The van der Waals surface area contributed by atoms with Crippen molar-refractivity contribution in [3.8, 4) is 0 Å². The summed E-state index contributed by atoms with van der Waals surface area (Å²) in [4.78, 5) is 27.5. The molecule has 3 N–H and O–H groups in total. The highest BCUT2D eigenvalue weighted by Gasteiger charge is 2.16. The van der Waals surface area contributed by atoms with Crippen LogP contribution in [0.2, 0.25) is 5.02 Å². The number of amides is 2. The Bertz CT molecular complexity index is 1000. The third-order valence-corrected chi connectivity index (χ3v) is 3.98. The predicted octanol–water partition coefficient (Wildman–Crippen LogP) is 4.83. The maximum atomic E-state index is 13.8. The summed E-state index contributed by atoms with van der Waals surface area (Å²) in [5.74, 6) is -1.29. The van der Waals surface area contributed by atoms with Gasteiger partial charge in [0.1, 0.15) is 11.6 Å². The first-order chi connectivity index (χ1) is 13.4. The van der Waals surface area contributed by atoms with E-state index in [4.69, 9.17) is 11.6 Å². The van der Waals surface area contributed by atoms with Crippen molar-refractivity contribution < 1.29 is 14.0 Å². The van der Waals surface area contributed by atoms with Crippen molar-refractivity contribution in [1.29, 1.82) is 0 Å². The van der Waals surface area contributed by atoms with Crippen molar-refractivity contribution in [1.82, 2.24) is 4.98 Å². The number of nitrogens with zero attached hydrogens (tertiary/aromatic N) is 1. The third-order valence-electron chi connectivity index (χ3n) is 3.67. The zero-order chi connectivity index (χ0) is 20.1. The fraction of sp³-hybridized carbons (Fsp3) is 0.0500. The molecule has 0 saturated heterocycles. The van der Waals surface area contributed by atoms with Crippen LogP contribution in [0.15, 0.2) is 60.8 Å². The Balaban J connectivity index is 1.69. The minimum absolute atomic E-state index is 0.0230. The van der Waals surface area contributed by atoms with Gasteiger partial charge >= 0.3 is 0 Å². The standard InChI is InChI=1S/C20H16ClFN4O2/c1-12(27)24-13-4-2-5-14(10-13)25-15-8-9-18(23-11-15)26-20(28)19-16(21)6-3-7-17(19)22/h2-11,25H,1H3,(H,24,27)(H,23,26,28). The fourth-order valence-electron chi connectivity index (χ4n) is 2.48. The molecule has 6 nitrogen and oxygen atoms in total. The fourth-order valence-corrected chi connectivity index (χ4v) is 2.73. The summed E-state index contributed by atoms with van der Waals surface area (Å²) in [5, 5.41) is 8.38. The second-order valence-corrected chi connectivity index (χ2v) is 6.28. The molecule has 8 heteroatoms. The van der Waals surface area contributed by atoms with E-state index in [1.165, 1.54) is 25.3 Å². The highest BCUT2D eigenvalue weighted by atomic mass is 35.5. The van der Waals surface area contributed by atoms with Crippen LogP contribution >= 0.6 is 11.6 Å². The molecule has 0 aliphatic carbocycles. The Morgan fingerprint density at radius 2 is 1.71 bits per heavy atom. The molecule has 0 fully saturated rings. The number of carbonyl (C=O) groups is 2. The molecule has 1 heterocycles. The van der Waals surface area contributed by atoms with Gasteiger partial charge in [-0.1, -0.05) is 23.7 Å². The summed E-state index contributed by atoms with van der Waals surface area (Å²) in [5.41, 5.74) is 1.85. The van der Waals surface area contributed by atoms with Crippen LogP contribution in [0, 0.1) is 5.82 Å². The monoisotopic (exact) mass is 398 g/mol. The predicted molar refractivity (Wildman–Crippen MR) is 108 cm³/mol. The van der Waals surface area contributed by atoms with Crippen LogP contribution in [-0.4, -0.2) is 16.8 Å². The number of benzene rings is 2. The lowest BCUT2D eigenvalue weighted by Crippen LogP contribution is -2.15. The van der Waals surface area contributed by atoms with Crippen LogP contribution in [-0.2, 0) is 4.79 Å². The summed E-state index contributed by atoms with van der Waals surface area (Å²) < 4.78 is 13.8. The number of nitrogens with one attached hydrogen (secondary N) is 3. The molecule has 0 spiro atoms.